The number of halogens is 1. The minimum Gasteiger partial charge on any atom is -0.387 e. The molecule has 0 bridgehead atoms. The van der Waals surface area contributed by atoms with E-state index >= 15 is 0 Å². The predicted molar refractivity (Wildman–Crippen MR) is 67.3 cm³/mol. The molecule has 0 amide bonds. The van der Waals surface area contributed by atoms with Gasteiger partial charge in [-0.05, 0) is 17.7 Å². The van der Waals surface area contributed by atoms with Crippen LogP contribution in [0.25, 0.3) is 0 Å². The molecule has 0 aliphatic carbocycles. The smallest absolute Gasteiger partial charge is 0.124 e. The third-order valence-electron chi connectivity index (χ3n) is 2.39. The first-order chi connectivity index (χ1) is 8.25. The summed E-state index contributed by atoms with van der Waals surface area (Å²) in [6, 6.07) is 9.41. The first-order valence-electron chi connectivity index (χ1n) is 5.29. The Labute approximate surface area is 108 Å². The second-order valence-electron chi connectivity index (χ2n) is 3.69. The number of hydrogen-bond acceptors (Lipinski definition) is 4. The van der Waals surface area contributed by atoms with Crippen molar-refractivity contribution in [1.82, 2.24) is 10.5 Å². The standard InChI is InChI=1S/C12H13BrN2O2/c13-10-3-1-9(2-4-10)12(16)8-14-7-11-5-6-17-15-11/h1-6,12,14,16H,7-8H2/t12-/m0/s1. The van der Waals surface area contributed by atoms with Crippen molar-refractivity contribution in [2.45, 2.75) is 12.6 Å². The average molecular weight is 297 g/mol. The van der Waals surface area contributed by atoms with Gasteiger partial charge in [0.05, 0.1) is 11.8 Å². The summed E-state index contributed by atoms with van der Waals surface area (Å²) >= 11 is 3.36. The van der Waals surface area contributed by atoms with Gasteiger partial charge < -0.3 is 14.9 Å². The minimum atomic E-state index is -0.519. The second kappa shape index (κ2) is 5.95. The highest BCUT2D eigenvalue weighted by Gasteiger charge is 2.06. The summed E-state index contributed by atoms with van der Waals surface area (Å²) in [4.78, 5) is 0. The van der Waals surface area contributed by atoms with Gasteiger partial charge in [0.25, 0.3) is 0 Å². The lowest BCUT2D eigenvalue weighted by atomic mass is 10.1. The molecule has 1 heterocycles. The fourth-order valence-corrected chi connectivity index (χ4v) is 1.73. The summed E-state index contributed by atoms with van der Waals surface area (Å²) in [5, 5.41) is 16.8. The van der Waals surface area contributed by atoms with Crippen molar-refractivity contribution >= 4 is 15.9 Å². The highest BCUT2D eigenvalue weighted by atomic mass is 79.9. The highest BCUT2D eigenvalue weighted by Crippen LogP contribution is 2.16. The molecular formula is C12H13BrN2O2. The van der Waals surface area contributed by atoms with E-state index < -0.39 is 6.10 Å². The molecule has 0 aliphatic rings. The Kier molecular flexibility index (Phi) is 4.30. The van der Waals surface area contributed by atoms with Gasteiger partial charge in [0.1, 0.15) is 6.26 Å². The Morgan fingerprint density at radius 1 is 1.29 bits per heavy atom. The fourth-order valence-electron chi connectivity index (χ4n) is 1.47. The first kappa shape index (κ1) is 12.3. The number of aliphatic hydroxyl groups excluding tert-OH is 1. The summed E-state index contributed by atoms with van der Waals surface area (Å²) in [5.41, 5.74) is 1.72. The number of benzene rings is 1. The molecule has 0 aliphatic heterocycles. The molecule has 1 aromatic carbocycles. The van der Waals surface area contributed by atoms with Crippen LogP contribution in [0.1, 0.15) is 17.4 Å². The molecule has 2 aromatic rings. The lowest BCUT2D eigenvalue weighted by molar-refractivity contribution is 0.174. The van der Waals surface area contributed by atoms with Crippen LogP contribution in [0.15, 0.2) is 45.6 Å². The molecule has 0 radical (unpaired) electrons. The van der Waals surface area contributed by atoms with Crippen molar-refractivity contribution in [1.29, 1.82) is 0 Å². The van der Waals surface area contributed by atoms with E-state index in [1.807, 2.05) is 24.3 Å². The van der Waals surface area contributed by atoms with Crippen molar-refractivity contribution in [2.24, 2.45) is 0 Å². The monoisotopic (exact) mass is 296 g/mol. The van der Waals surface area contributed by atoms with E-state index in [-0.39, 0.29) is 0 Å². The van der Waals surface area contributed by atoms with E-state index in [1.54, 1.807) is 6.07 Å². The summed E-state index contributed by atoms with van der Waals surface area (Å²) in [7, 11) is 0. The summed E-state index contributed by atoms with van der Waals surface area (Å²) in [6.07, 6.45) is 1.01. The maximum Gasteiger partial charge on any atom is 0.124 e. The minimum absolute atomic E-state index is 0.481. The van der Waals surface area contributed by atoms with Crippen LogP contribution in [0.2, 0.25) is 0 Å². The molecule has 90 valence electrons. The van der Waals surface area contributed by atoms with E-state index in [2.05, 4.69) is 26.4 Å². The van der Waals surface area contributed by atoms with Gasteiger partial charge >= 0.3 is 0 Å². The summed E-state index contributed by atoms with van der Waals surface area (Å²) < 4.78 is 5.72. The SMILES string of the molecule is O[C@@H](CNCc1ccon1)c1ccc(Br)cc1. The molecular weight excluding hydrogens is 284 g/mol. The number of aliphatic hydroxyl groups is 1. The van der Waals surface area contributed by atoms with Crippen LogP contribution in [0.5, 0.6) is 0 Å². The van der Waals surface area contributed by atoms with Crippen molar-refractivity contribution in [3.05, 3.63) is 52.3 Å². The Balaban J connectivity index is 1.81. The van der Waals surface area contributed by atoms with Crippen LogP contribution in [0.3, 0.4) is 0 Å². The maximum absolute atomic E-state index is 9.92. The number of nitrogens with zero attached hydrogens (tertiary/aromatic N) is 1. The molecule has 4 nitrogen and oxygen atoms in total. The van der Waals surface area contributed by atoms with Crippen molar-refractivity contribution in [3.63, 3.8) is 0 Å². The van der Waals surface area contributed by atoms with Gasteiger partial charge in [-0.2, -0.15) is 0 Å². The van der Waals surface area contributed by atoms with Crippen LogP contribution in [-0.2, 0) is 6.54 Å². The number of hydrogen-bond donors (Lipinski definition) is 2. The van der Waals surface area contributed by atoms with Gasteiger partial charge in [-0.1, -0.05) is 33.2 Å². The maximum atomic E-state index is 9.92. The molecule has 0 fully saturated rings. The molecule has 0 spiro atoms. The zero-order valence-electron chi connectivity index (χ0n) is 9.14. The molecule has 1 aromatic heterocycles. The normalized spacial score (nSPS) is 12.6. The van der Waals surface area contributed by atoms with Gasteiger partial charge in [0.15, 0.2) is 0 Å². The second-order valence-corrected chi connectivity index (χ2v) is 4.60. The van der Waals surface area contributed by atoms with E-state index in [1.165, 1.54) is 6.26 Å². The van der Waals surface area contributed by atoms with Crippen molar-refractivity contribution in [3.8, 4) is 0 Å². The molecule has 2 rings (SSSR count). The van der Waals surface area contributed by atoms with E-state index in [9.17, 15) is 5.11 Å². The summed E-state index contributed by atoms with van der Waals surface area (Å²) in [6.45, 7) is 1.07. The Bertz CT molecular complexity index is 442. The van der Waals surface area contributed by atoms with Crippen LogP contribution in [0.4, 0.5) is 0 Å². The van der Waals surface area contributed by atoms with Crippen LogP contribution < -0.4 is 5.32 Å². The van der Waals surface area contributed by atoms with E-state index in [0.717, 1.165) is 15.7 Å². The topological polar surface area (TPSA) is 58.3 Å². The highest BCUT2D eigenvalue weighted by molar-refractivity contribution is 9.10. The first-order valence-corrected chi connectivity index (χ1v) is 6.08. The van der Waals surface area contributed by atoms with Gasteiger partial charge in [0.2, 0.25) is 0 Å². The molecule has 0 saturated heterocycles. The largest absolute Gasteiger partial charge is 0.387 e. The molecule has 5 heteroatoms. The summed E-state index contributed by atoms with van der Waals surface area (Å²) in [5.74, 6) is 0. The molecule has 17 heavy (non-hydrogen) atoms. The van der Waals surface area contributed by atoms with Gasteiger partial charge in [-0.25, -0.2) is 0 Å². The van der Waals surface area contributed by atoms with E-state index in [4.69, 9.17) is 4.52 Å². The van der Waals surface area contributed by atoms with Crippen LogP contribution in [-0.4, -0.2) is 16.8 Å². The van der Waals surface area contributed by atoms with Gasteiger partial charge in [-0.3, -0.25) is 0 Å². The molecule has 2 N–H and O–H groups in total. The van der Waals surface area contributed by atoms with Crippen molar-refractivity contribution in [2.75, 3.05) is 6.54 Å². The molecule has 1 atom stereocenters. The van der Waals surface area contributed by atoms with Crippen molar-refractivity contribution < 1.29 is 9.63 Å². The van der Waals surface area contributed by atoms with E-state index in [0.29, 0.717) is 13.1 Å². The van der Waals surface area contributed by atoms with Gasteiger partial charge in [0, 0.05) is 23.6 Å². The fraction of sp³-hybridized carbons (Fsp3) is 0.250. The zero-order chi connectivity index (χ0) is 12.1. The number of rotatable bonds is 5. The third kappa shape index (κ3) is 3.66. The Morgan fingerprint density at radius 3 is 2.71 bits per heavy atom. The van der Waals surface area contributed by atoms with Crippen LogP contribution >= 0.6 is 15.9 Å². The Hall–Kier alpha value is -1.17. The third-order valence-corrected chi connectivity index (χ3v) is 2.92. The number of aromatic nitrogens is 1. The lowest BCUT2D eigenvalue weighted by Gasteiger charge is -2.11. The quantitative estimate of drug-likeness (QED) is 0.889. The Morgan fingerprint density at radius 2 is 2.06 bits per heavy atom. The number of nitrogens with one attached hydrogen (secondary N) is 1. The molecule has 0 saturated carbocycles. The lowest BCUT2D eigenvalue weighted by Crippen LogP contribution is -2.21. The zero-order valence-corrected chi connectivity index (χ0v) is 10.7. The molecule has 0 unspecified atom stereocenters. The predicted octanol–water partition coefficient (Wildman–Crippen LogP) is 2.26. The van der Waals surface area contributed by atoms with Crippen LogP contribution in [0, 0.1) is 0 Å². The average Bonchev–Trinajstić information content (AvgIpc) is 2.83. The van der Waals surface area contributed by atoms with Gasteiger partial charge in [-0.15, -0.1) is 0 Å².